The highest BCUT2D eigenvalue weighted by atomic mass is 16.5. The number of carbonyl (C=O) groups excluding carboxylic acids is 2. The lowest BCUT2D eigenvalue weighted by molar-refractivity contribution is -0.124. The molecule has 2 N–H and O–H groups in total. The van der Waals surface area contributed by atoms with Gasteiger partial charge in [0.25, 0.3) is 5.91 Å². The summed E-state index contributed by atoms with van der Waals surface area (Å²) in [4.78, 5) is 25.1. The maximum atomic E-state index is 12.6. The molecule has 5 heteroatoms. The van der Waals surface area contributed by atoms with E-state index in [0.717, 1.165) is 18.6 Å². The standard InChI is InChI=1S/C21H34N2O3/c1-7-26-18-12-10-17(11-13-18)20(24)23-19(15(4)5)21(25)22-16(6)9-8-14(2)3/h10-16,19H,7-9H2,1-6H3,(H,22,25)(H,23,24)/t16?,19-/m0/s1. The van der Waals surface area contributed by atoms with E-state index in [9.17, 15) is 9.59 Å². The molecule has 0 bridgehead atoms. The molecule has 1 rings (SSSR count). The second kappa shape index (κ2) is 10.8. The summed E-state index contributed by atoms with van der Waals surface area (Å²) in [5.74, 6) is 0.946. The number of hydrogen-bond donors (Lipinski definition) is 2. The summed E-state index contributed by atoms with van der Waals surface area (Å²) >= 11 is 0. The van der Waals surface area contributed by atoms with Crippen LogP contribution in [-0.2, 0) is 4.79 Å². The molecule has 1 aromatic rings. The fraction of sp³-hybridized carbons (Fsp3) is 0.619. The van der Waals surface area contributed by atoms with Crippen LogP contribution < -0.4 is 15.4 Å². The molecule has 2 atom stereocenters. The highest BCUT2D eigenvalue weighted by molar-refractivity contribution is 5.97. The second-order valence-electron chi connectivity index (χ2n) is 7.53. The monoisotopic (exact) mass is 362 g/mol. The number of hydrogen-bond acceptors (Lipinski definition) is 3. The molecule has 0 spiro atoms. The Labute approximate surface area is 157 Å². The number of nitrogens with one attached hydrogen (secondary N) is 2. The van der Waals surface area contributed by atoms with Crippen LogP contribution in [0.1, 0.15) is 64.7 Å². The molecule has 1 aromatic carbocycles. The molecular formula is C21H34N2O3. The Hall–Kier alpha value is -2.04. The van der Waals surface area contributed by atoms with Crippen molar-refractivity contribution in [1.29, 1.82) is 0 Å². The smallest absolute Gasteiger partial charge is 0.251 e. The minimum atomic E-state index is -0.560. The third-order valence-corrected chi connectivity index (χ3v) is 4.23. The molecule has 0 heterocycles. The van der Waals surface area contributed by atoms with Gasteiger partial charge in [-0.25, -0.2) is 0 Å². The molecular weight excluding hydrogens is 328 g/mol. The predicted molar refractivity (Wildman–Crippen MR) is 105 cm³/mol. The first-order valence-corrected chi connectivity index (χ1v) is 9.58. The molecule has 26 heavy (non-hydrogen) atoms. The van der Waals surface area contributed by atoms with Gasteiger partial charge in [0.1, 0.15) is 11.8 Å². The van der Waals surface area contributed by atoms with Gasteiger partial charge in [-0.3, -0.25) is 9.59 Å². The van der Waals surface area contributed by atoms with E-state index in [1.54, 1.807) is 24.3 Å². The molecule has 5 nitrogen and oxygen atoms in total. The molecule has 1 unspecified atom stereocenters. The molecule has 0 aliphatic heterocycles. The van der Waals surface area contributed by atoms with Gasteiger partial charge in [0.2, 0.25) is 5.91 Å². The minimum Gasteiger partial charge on any atom is -0.494 e. The van der Waals surface area contributed by atoms with Crippen molar-refractivity contribution in [2.45, 2.75) is 66.5 Å². The van der Waals surface area contributed by atoms with E-state index in [0.29, 0.717) is 18.1 Å². The van der Waals surface area contributed by atoms with E-state index in [2.05, 4.69) is 24.5 Å². The topological polar surface area (TPSA) is 67.4 Å². The predicted octanol–water partition coefficient (Wildman–Crippen LogP) is 3.78. The Morgan fingerprint density at radius 3 is 2.08 bits per heavy atom. The maximum Gasteiger partial charge on any atom is 0.251 e. The van der Waals surface area contributed by atoms with Gasteiger partial charge < -0.3 is 15.4 Å². The van der Waals surface area contributed by atoms with Crippen molar-refractivity contribution < 1.29 is 14.3 Å². The van der Waals surface area contributed by atoms with E-state index in [1.165, 1.54) is 0 Å². The molecule has 2 amide bonds. The van der Waals surface area contributed by atoms with Crippen LogP contribution in [0.3, 0.4) is 0 Å². The molecule has 0 aromatic heterocycles. The van der Waals surface area contributed by atoms with Crippen molar-refractivity contribution in [2.75, 3.05) is 6.61 Å². The lowest BCUT2D eigenvalue weighted by Gasteiger charge is -2.24. The fourth-order valence-electron chi connectivity index (χ4n) is 2.62. The third-order valence-electron chi connectivity index (χ3n) is 4.23. The summed E-state index contributed by atoms with van der Waals surface area (Å²) in [6, 6.07) is 6.47. The Morgan fingerprint density at radius 1 is 0.962 bits per heavy atom. The van der Waals surface area contributed by atoms with Crippen LogP contribution in [0.25, 0.3) is 0 Å². The summed E-state index contributed by atoms with van der Waals surface area (Å²) < 4.78 is 5.39. The van der Waals surface area contributed by atoms with Crippen LogP contribution in [0, 0.1) is 11.8 Å². The maximum absolute atomic E-state index is 12.6. The first-order valence-electron chi connectivity index (χ1n) is 9.58. The van der Waals surface area contributed by atoms with Crippen LogP contribution in [-0.4, -0.2) is 30.5 Å². The lowest BCUT2D eigenvalue weighted by atomic mass is 10.0. The van der Waals surface area contributed by atoms with Crippen molar-refractivity contribution in [3.63, 3.8) is 0 Å². The SMILES string of the molecule is CCOc1ccc(C(=O)N[C@H](C(=O)NC(C)CCC(C)C)C(C)C)cc1. The van der Waals surface area contributed by atoms with E-state index in [-0.39, 0.29) is 23.8 Å². The molecule has 146 valence electrons. The van der Waals surface area contributed by atoms with Gasteiger partial charge in [0, 0.05) is 11.6 Å². The Kier molecular flexibility index (Phi) is 9.17. The quantitative estimate of drug-likeness (QED) is 0.665. The van der Waals surface area contributed by atoms with Crippen LogP contribution in [0.5, 0.6) is 5.75 Å². The number of rotatable bonds is 10. The molecule has 0 aliphatic rings. The lowest BCUT2D eigenvalue weighted by Crippen LogP contribution is -2.51. The van der Waals surface area contributed by atoms with Gasteiger partial charge in [-0.1, -0.05) is 27.7 Å². The van der Waals surface area contributed by atoms with Crippen molar-refractivity contribution >= 4 is 11.8 Å². The second-order valence-corrected chi connectivity index (χ2v) is 7.53. The van der Waals surface area contributed by atoms with Crippen LogP contribution in [0.4, 0.5) is 0 Å². The normalized spacial score (nSPS) is 13.4. The van der Waals surface area contributed by atoms with Crippen LogP contribution >= 0.6 is 0 Å². The van der Waals surface area contributed by atoms with Crippen LogP contribution in [0.15, 0.2) is 24.3 Å². The Bertz CT molecular complexity index is 567. The van der Waals surface area contributed by atoms with Crippen LogP contribution in [0.2, 0.25) is 0 Å². The van der Waals surface area contributed by atoms with E-state index < -0.39 is 6.04 Å². The molecule has 0 saturated heterocycles. The largest absolute Gasteiger partial charge is 0.494 e. The van der Waals surface area contributed by atoms with Crippen molar-refractivity contribution in [2.24, 2.45) is 11.8 Å². The summed E-state index contributed by atoms with van der Waals surface area (Å²) in [5.41, 5.74) is 0.514. The third kappa shape index (κ3) is 7.46. The van der Waals surface area contributed by atoms with Gasteiger partial charge in [-0.2, -0.15) is 0 Å². The first-order chi connectivity index (χ1) is 12.2. The molecule has 0 aliphatic carbocycles. The number of benzene rings is 1. The minimum absolute atomic E-state index is 0.000975. The summed E-state index contributed by atoms with van der Waals surface area (Å²) in [6.07, 6.45) is 1.99. The van der Waals surface area contributed by atoms with Crippen molar-refractivity contribution in [3.05, 3.63) is 29.8 Å². The number of carbonyl (C=O) groups is 2. The zero-order valence-electron chi connectivity index (χ0n) is 17.0. The average Bonchev–Trinajstić information content (AvgIpc) is 2.58. The highest BCUT2D eigenvalue weighted by Gasteiger charge is 2.25. The van der Waals surface area contributed by atoms with Gasteiger partial charge in [0.05, 0.1) is 6.61 Å². The zero-order chi connectivity index (χ0) is 19.7. The van der Waals surface area contributed by atoms with E-state index in [1.807, 2.05) is 27.7 Å². The van der Waals surface area contributed by atoms with E-state index >= 15 is 0 Å². The molecule has 0 saturated carbocycles. The number of ether oxygens (including phenoxy) is 1. The number of amides is 2. The Morgan fingerprint density at radius 2 is 1.58 bits per heavy atom. The zero-order valence-corrected chi connectivity index (χ0v) is 17.0. The first kappa shape index (κ1) is 22.0. The van der Waals surface area contributed by atoms with Crippen molar-refractivity contribution in [1.82, 2.24) is 10.6 Å². The van der Waals surface area contributed by atoms with Crippen molar-refractivity contribution in [3.8, 4) is 5.75 Å². The van der Waals surface area contributed by atoms with Gasteiger partial charge in [-0.05, 0) is 62.8 Å². The average molecular weight is 363 g/mol. The van der Waals surface area contributed by atoms with Gasteiger partial charge in [0.15, 0.2) is 0 Å². The van der Waals surface area contributed by atoms with Gasteiger partial charge >= 0.3 is 0 Å². The summed E-state index contributed by atoms with van der Waals surface area (Å²) in [5, 5.41) is 5.89. The summed E-state index contributed by atoms with van der Waals surface area (Å²) in [7, 11) is 0. The summed E-state index contributed by atoms with van der Waals surface area (Å²) in [6.45, 7) is 12.7. The highest BCUT2D eigenvalue weighted by Crippen LogP contribution is 2.13. The van der Waals surface area contributed by atoms with E-state index in [4.69, 9.17) is 4.74 Å². The van der Waals surface area contributed by atoms with Gasteiger partial charge in [-0.15, -0.1) is 0 Å². The molecule has 0 radical (unpaired) electrons. The Balaban J connectivity index is 2.68. The fourth-order valence-corrected chi connectivity index (χ4v) is 2.62. The molecule has 0 fully saturated rings.